The van der Waals surface area contributed by atoms with E-state index in [2.05, 4.69) is 17.6 Å². The minimum Gasteiger partial charge on any atom is -0.352 e. The highest BCUT2D eigenvalue weighted by molar-refractivity contribution is 5.78. The maximum atomic E-state index is 11.5. The minimum atomic E-state index is 0.169. The fourth-order valence-corrected chi connectivity index (χ4v) is 2.23. The van der Waals surface area contributed by atoms with Gasteiger partial charge in [-0.1, -0.05) is 39.0 Å². The highest BCUT2D eigenvalue weighted by Gasteiger charge is 2.16. The van der Waals surface area contributed by atoms with Crippen LogP contribution in [0.2, 0.25) is 0 Å². The van der Waals surface area contributed by atoms with Crippen LogP contribution in [0.15, 0.2) is 0 Å². The normalized spacial score (nSPS) is 16.6. The van der Waals surface area contributed by atoms with Crippen molar-refractivity contribution in [3.63, 3.8) is 0 Å². The Labute approximate surface area is 99.4 Å². The van der Waals surface area contributed by atoms with Gasteiger partial charge in [0.25, 0.3) is 0 Å². The van der Waals surface area contributed by atoms with Crippen LogP contribution in [0.1, 0.15) is 58.3 Å². The average Bonchev–Trinajstić information content (AvgIpc) is 2.76. The summed E-state index contributed by atoms with van der Waals surface area (Å²) in [5.74, 6) is 0.169. The highest BCUT2D eigenvalue weighted by atomic mass is 16.1. The first kappa shape index (κ1) is 13.5. The Morgan fingerprint density at radius 3 is 2.62 bits per heavy atom. The van der Waals surface area contributed by atoms with Crippen molar-refractivity contribution in [2.75, 3.05) is 13.1 Å². The van der Waals surface area contributed by atoms with Gasteiger partial charge in [0.1, 0.15) is 0 Å². The van der Waals surface area contributed by atoms with Gasteiger partial charge in [-0.25, -0.2) is 0 Å². The van der Waals surface area contributed by atoms with Crippen LogP contribution in [-0.4, -0.2) is 25.0 Å². The van der Waals surface area contributed by atoms with Crippen molar-refractivity contribution in [1.82, 2.24) is 10.6 Å². The molecule has 0 radical (unpaired) electrons. The first-order chi connectivity index (χ1) is 7.83. The second-order valence-electron chi connectivity index (χ2n) is 4.79. The van der Waals surface area contributed by atoms with E-state index < -0.39 is 0 Å². The van der Waals surface area contributed by atoms with Gasteiger partial charge in [0, 0.05) is 6.04 Å². The standard InChI is InChI=1S/C13H26N2O/c1-2-3-4-7-10-14-11-13(16)15-12-8-5-6-9-12/h12,14H,2-11H2,1H3,(H,15,16). The first-order valence-corrected chi connectivity index (χ1v) is 6.83. The summed E-state index contributed by atoms with van der Waals surface area (Å²) in [5, 5.41) is 6.29. The molecule has 0 saturated heterocycles. The van der Waals surface area contributed by atoms with E-state index in [-0.39, 0.29) is 5.91 Å². The van der Waals surface area contributed by atoms with Crippen molar-refractivity contribution < 1.29 is 4.79 Å². The molecule has 0 bridgehead atoms. The van der Waals surface area contributed by atoms with Gasteiger partial charge in [-0.15, -0.1) is 0 Å². The Kier molecular flexibility index (Phi) is 7.23. The SMILES string of the molecule is CCCCCCNCC(=O)NC1CCCC1. The van der Waals surface area contributed by atoms with Crippen LogP contribution < -0.4 is 10.6 Å². The molecule has 0 aliphatic heterocycles. The fraction of sp³-hybridized carbons (Fsp3) is 0.923. The molecule has 1 fully saturated rings. The second-order valence-corrected chi connectivity index (χ2v) is 4.79. The lowest BCUT2D eigenvalue weighted by atomic mass is 10.2. The Hall–Kier alpha value is -0.570. The molecule has 1 aliphatic carbocycles. The molecule has 2 N–H and O–H groups in total. The maximum Gasteiger partial charge on any atom is 0.234 e. The number of carbonyl (C=O) groups excluding carboxylic acids is 1. The molecular formula is C13H26N2O. The molecule has 0 unspecified atom stereocenters. The zero-order chi connectivity index (χ0) is 11.6. The zero-order valence-corrected chi connectivity index (χ0v) is 10.6. The lowest BCUT2D eigenvalue weighted by Gasteiger charge is -2.12. The third-order valence-electron chi connectivity index (χ3n) is 3.21. The monoisotopic (exact) mass is 226 g/mol. The minimum absolute atomic E-state index is 0.169. The van der Waals surface area contributed by atoms with Gasteiger partial charge < -0.3 is 10.6 Å². The fourth-order valence-electron chi connectivity index (χ4n) is 2.23. The number of rotatable bonds is 8. The van der Waals surface area contributed by atoms with Crippen LogP contribution >= 0.6 is 0 Å². The summed E-state index contributed by atoms with van der Waals surface area (Å²) in [4.78, 5) is 11.5. The molecular weight excluding hydrogens is 200 g/mol. The number of nitrogens with one attached hydrogen (secondary N) is 2. The van der Waals surface area contributed by atoms with Crippen molar-refractivity contribution >= 4 is 5.91 Å². The number of carbonyl (C=O) groups is 1. The van der Waals surface area contributed by atoms with E-state index in [1.165, 1.54) is 51.4 Å². The zero-order valence-electron chi connectivity index (χ0n) is 10.6. The van der Waals surface area contributed by atoms with Gasteiger partial charge in [-0.3, -0.25) is 4.79 Å². The predicted octanol–water partition coefficient (Wildman–Crippen LogP) is 2.22. The Morgan fingerprint density at radius 2 is 1.94 bits per heavy atom. The molecule has 1 saturated carbocycles. The Bertz CT molecular complexity index is 188. The van der Waals surface area contributed by atoms with Crippen molar-refractivity contribution in [1.29, 1.82) is 0 Å². The van der Waals surface area contributed by atoms with Crippen molar-refractivity contribution in [3.05, 3.63) is 0 Å². The summed E-state index contributed by atoms with van der Waals surface area (Å²) < 4.78 is 0. The molecule has 16 heavy (non-hydrogen) atoms. The van der Waals surface area contributed by atoms with E-state index in [9.17, 15) is 4.79 Å². The average molecular weight is 226 g/mol. The van der Waals surface area contributed by atoms with Gasteiger partial charge in [0.2, 0.25) is 5.91 Å². The smallest absolute Gasteiger partial charge is 0.234 e. The molecule has 0 spiro atoms. The lowest BCUT2D eigenvalue weighted by molar-refractivity contribution is -0.120. The van der Waals surface area contributed by atoms with Crippen molar-refractivity contribution in [2.45, 2.75) is 64.3 Å². The van der Waals surface area contributed by atoms with Crippen LogP contribution in [0.25, 0.3) is 0 Å². The van der Waals surface area contributed by atoms with E-state index in [1.807, 2.05) is 0 Å². The number of hydrogen-bond donors (Lipinski definition) is 2. The molecule has 3 nitrogen and oxygen atoms in total. The van der Waals surface area contributed by atoms with Crippen molar-refractivity contribution in [3.8, 4) is 0 Å². The van der Waals surface area contributed by atoms with Crippen LogP contribution in [0.5, 0.6) is 0 Å². The molecule has 0 heterocycles. The van der Waals surface area contributed by atoms with Crippen LogP contribution in [0, 0.1) is 0 Å². The summed E-state index contributed by atoms with van der Waals surface area (Å²) >= 11 is 0. The van der Waals surface area contributed by atoms with E-state index in [1.54, 1.807) is 0 Å². The third-order valence-corrected chi connectivity index (χ3v) is 3.21. The maximum absolute atomic E-state index is 11.5. The van der Waals surface area contributed by atoms with Gasteiger partial charge in [-0.2, -0.15) is 0 Å². The van der Waals surface area contributed by atoms with Crippen LogP contribution in [-0.2, 0) is 4.79 Å². The molecule has 0 atom stereocenters. The van der Waals surface area contributed by atoms with E-state index >= 15 is 0 Å². The van der Waals surface area contributed by atoms with E-state index in [0.717, 1.165) is 6.54 Å². The van der Waals surface area contributed by atoms with E-state index in [0.29, 0.717) is 12.6 Å². The topological polar surface area (TPSA) is 41.1 Å². The molecule has 1 amide bonds. The number of amides is 1. The molecule has 3 heteroatoms. The van der Waals surface area contributed by atoms with Gasteiger partial charge in [0.15, 0.2) is 0 Å². The lowest BCUT2D eigenvalue weighted by Crippen LogP contribution is -2.39. The molecule has 0 aromatic heterocycles. The predicted molar refractivity (Wildman–Crippen MR) is 67.4 cm³/mol. The van der Waals surface area contributed by atoms with Crippen molar-refractivity contribution in [2.24, 2.45) is 0 Å². The van der Waals surface area contributed by atoms with Gasteiger partial charge in [-0.05, 0) is 25.8 Å². The largest absolute Gasteiger partial charge is 0.352 e. The van der Waals surface area contributed by atoms with Crippen LogP contribution in [0.4, 0.5) is 0 Å². The molecule has 0 aromatic rings. The number of hydrogen-bond acceptors (Lipinski definition) is 2. The summed E-state index contributed by atoms with van der Waals surface area (Å²) in [6.45, 7) is 3.67. The Balaban J connectivity index is 1.89. The van der Waals surface area contributed by atoms with Crippen LogP contribution in [0.3, 0.4) is 0 Å². The van der Waals surface area contributed by atoms with Gasteiger partial charge in [0.05, 0.1) is 6.54 Å². The molecule has 1 aliphatic rings. The summed E-state index contributed by atoms with van der Waals surface area (Å²) in [7, 11) is 0. The quantitative estimate of drug-likeness (QED) is 0.623. The number of unbranched alkanes of at least 4 members (excludes halogenated alkanes) is 3. The third kappa shape index (κ3) is 6.11. The summed E-state index contributed by atoms with van der Waals surface area (Å²) in [6, 6.07) is 0.453. The summed E-state index contributed by atoms with van der Waals surface area (Å²) in [6.07, 6.45) is 9.91. The highest BCUT2D eigenvalue weighted by Crippen LogP contribution is 2.17. The second kappa shape index (κ2) is 8.57. The molecule has 1 rings (SSSR count). The first-order valence-electron chi connectivity index (χ1n) is 6.83. The van der Waals surface area contributed by atoms with Gasteiger partial charge >= 0.3 is 0 Å². The molecule has 94 valence electrons. The summed E-state index contributed by atoms with van der Waals surface area (Å²) in [5.41, 5.74) is 0. The van der Waals surface area contributed by atoms with E-state index in [4.69, 9.17) is 0 Å². The Morgan fingerprint density at radius 1 is 1.19 bits per heavy atom. The molecule has 0 aromatic carbocycles.